The largest absolute Gasteiger partial charge is 0.380 e. The van der Waals surface area contributed by atoms with Gasteiger partial charge in [0.25, 0.3) is 10.0 Å². The van der Waals surface area contributed by atoms with Crippen LogP contribution in [-0.2, 0) is 21.4 Å². The number of rotatable bonds is 5. The van der Waals surface area contributed by atoms with Crippen LogP contribution in [-0.4, -0.2) is 15.5 Å². The molecule has 21 heavy (non-hydrogen) atoms. The van der Waals surface area contributed by atoms with Gasteiger partial charge in [0.15, 0.2) is 0 Å². The summed E-state index contributed by atoms with van der Waals surface area (Å²) in [5.41, 5.74) is 1.28. The summed E-state index contributed by atoms with van der Waals surface area (Å²) in [5.74, 6) is 0. The van der Waals surface area contributed by atoms with Crippen LogP contribution in [0, 0.1) is 0 Å². The van der Waals surface area contributed by atoms with Gasteiger partial charge >= 0.3 is 0 Å². The number of hydrogen-bond acceptors (Lipinski definition) is 3. The highest BCUT2D eigenvalue weighted by Crippen LogP contribution is 2.28. The molecular formula is C14H13Br2NO3S. The lowest BCUT2D eigenvalue weighted by atomic mass is 10.2. The Labute approximate surface area is 140 Å². The molecular weight excluding hydrogens is 422 g/mol. The summed E-state index contributed by atoms with van der Waals surface area (Å²) in [6.07, 6.45) is 0. The lowest BCUT2D eigenvalue weighted by Gasteiger charge is -2.13. The van der Waals surface area contributed by atoms with E-state index >= 15 is 0 Å². The van der Waals surface area contributed by atoms with E-state index in [1.54, 1.807) is 37.4 Å². The van der Waals surface area contributed by atoms with Crippen molar-refractivity contribution in [2.24, 2.45) is 0 Å². The van der Waals surface area contributed by atoms with Gasteiger partial charge in [0, 0.05) is 21.6 Å². The number of ether oxygens (including phenoxy) is 1. The highest BCUT2D eigenvalue weighted by molar-refractivity contribution is 9.11. The molecule has 1 N–H and O–H groups in total. The zero-order valence-electron chi connectivity index (χ0n) is 11.1. The molecule has 7 heteroatoms. The Hall–Kier alpha value is -0.890. The van der Waals surface area contributed by atoms with Crippen LogP contribution < -0.4 is 4.72 Å². The Morgan fingerprint density at radius 1 is 1.14 bits per heavy atom. The van der Waals surface area contributed by atoms with Crippen LogP contribution in [0.5, 0.6) is 0 Å². The smallest absolute Gasteiger partial charge is 0.263 e. The molecule has 0 aliphatic carbocycles. The summed E-state index contributed by atoms with van der Waals surface area (Å²) in [6, 6.07) is 12.1. The van der Waals surface area contributed by atoms with Crippen LogP contribution in [0.4, 0.5) is 5.69 Å². The van der Waals surface area contributed by atoms with E-state index in [9.17, 15) is 8.42 Å². The molecule has 2 aromatic carbocycles. The second-order valence-electron chi connectivity index (χ2n) is 4.27. The maximum absolute atomic E-state index is 12.5. The van der Waals surface area contributed by atoms with Crippen LogP contribution in [0.1, 0.15) is 5.56 Å². The van der Waals surface area contributed by atoms with Crippen molar-refractivity contribution in [2.75, 3.05) is 11.8 Å². The van der Waals surface area contributed by atoms with Crippen LogP contribution in [0.25, 0.3) is 0 Å². The average Bonchev–Trinajstić information content (AvgIpc) is 2.43. The van der Waals surface area contributed by atoms with E-state index in [0.717, 1.165) is 5.56 Å². The van der Waals surface area contributed by atoms with Crippen molar-refractivity contribution in [3.8, 4) is 0 Å². The molecule has 112 valence electrons. The summed E-state index contributed by atoms with van der Waals surface area (Å²) in [5, 5.41) is 0. The van der Waals surface area contributed by atoms with E-state index in [1.807, 2.05) is 12.1 Å². The lowest BCUT2D eigenvalue weighted by molar-refractivity contribution is 0.185. The predicted molar refractivity (Wildman–Crippen MR) is 89.8 cm³/mol. The fourth-order valence-electron chi connectivity index (χ4n) is 1.78. The summed E-state index contributed by atoms with van der Waals surface area (Å²) in [7, 11) is -2.12. The maximum atomic E-state index is 12.5. The normalized spacial score (nSPS) is 11.4. The molecule has 2 rings (SSSR count). The fraction of sp³-hybridized carbons (Fsp3) is 0.143. The van der Waals surface area contributed by atoms with E-state index < -0.39 is 10.0 Å². The van der Waals surface area contributed by atoms with E-state index in [-0.39, 0.29) is 4.90 Å². The zero-order valence-corrected chi connectivity index (χ0v) is 15.1. The van der Waals surface area contributed by atoms with Gasteiger partial charge in [0.1, 0.15) is 4.90 Å². The first-order chi connectivity index (χ1) is 9.94. The molecule has 0 aliphatic heterocycles. The Balaban J connectivity index is 2.40. The quantitative estimate of drug-likeness (QED) is 0.768. The van der Waals surface area contributed by atoms with Crippen molar-refractivity contribution in [3.05, 3.63) is 57.0 Å². The number of anilines is 1. The van der Waals surface area contributed by atoms with Crippen LogP contribution in [0.2, 0.25) is 0 Å². The van der Waals surface area contributed by atoms with Gasteiger partial charge in [-0.15, -0.1) is 0 Å². The van der Waals surface area contributed by atoms with Crippen LogP contribution in [0.15, 0.2) is 56.3 Å². The van der Waals surface area contributed by atoms with Crippen molar-refractivity contribution < 1.29 is 13.2 Å². The van der Waals surface area contributed by atoms with E-state index in [1.165, 1.54) is 0 Å². The van der Waals surface area contributed by atoms with Gasteiger partial charge in [-0.25, -0.2) is 8.42 Å². The zero-order chi connectivity index (χ0) is 15.5. The van der Waals surface area contributed by atoms with Gasteiger partial charge in [0.05, 0.1) is 12.3 Å². The number of methoxy groups -OCH3 is 1. The molecule has 4 nitrogen and oxygen atoms in total. The van der Waals surface area contributed by atoms with Gasteiger partial charge in [-0.2, -0.15) is 0 Å². The monoisotopic (exact) mass is 433 g/mol. The van der Waals surface area contributed by atoms with Crippen molar-refractivity contribution in [1.29, 1.82) is 0 Å². The van der Waals surface area contributed by atoms with Crippen LogP contribution in [0.3, 0.4) is 0 Å². The third-order valence-electron chi connectivity index (χ3n) is 2.74. The van der Waals surface area contributed by atoms with Gasteiger partial charge in [0.2, 0.25) is 0 Å². The molecule has 0 aliphatic rings. The molecule has 0 aromatic heterocycles. The van der Waals surface area contributed by atoms with Crippen molar-refractivity contribution in [2.45, 2.75) is 11.5 Å². The second-order valence-corrected chi connectivity index (χ2v) is 7.69. The third kappa shape index (κ3) is 4.06. The summed E-state index contributed by atoms with van der Waals surface area (Å²) in [4.78, 5) is 0.170. The SMILES string of the molecule is COCc1ccccc1NS(=O)(=O)c1cc(Br)ccc1Br. The Morgan fingerprint density at radius 3 is 2.57 bits per heavy atom. The molecule has 0 unspecified atom stereocenters. The Morgan fingerprint density at radius 2 is 1.86 bits per heavy atom. The molecule has 0 radical (unpaired) electrons. The van der Waals surface area contributed by atoms with Gasteiger partial charge in [-0.1, -0.05) is 34.1 Å². The second kappa shape index (κ2) is 6.91. The Kier molecular flexibility index (Phi) is 5.43. The molecule has 0 amide bonds. The highest BCUT2D eigenvalue weighted by atomic mass is 79.9. The molecule has 0 bridgehead atoms. The summed E-state index contributed by atoms with van der Waals surface area (Å²) < 4.78 is 33.9. The number of hydrogen-bond donors (Lipinski definition) is 1. The standard InChI is InChI=1S/C14H13Br2NO3S/c1-20-9-10-4-2-3-5-13(10)17-21(18,19)14-8-11(15)6-7-12(14)16/h2-8,17H,9H2,1H3. The number of nitrogens with one attached hydrogen (secondary N) is 1. The molecule has 0 atom stereocenters. The highest BCUT2D eigenvalue weighted by Gasteiger charge is 2.19. The topological polar surface area (TPSA) is 55.4 Å². The van der Waals surface area contributed by atoms with E-state index in [2.05, 4.69) is 36.6 Å². The van der Waals surface area contributed by atoms with E-state index in [0.29, 0.717) is 21.2 Å². The average molecular weight is 435 g/mol. The van der Waals surface area contributed by atoms with E-state index in [4.69, 9.17) is 4.74 Å². The molecule has 0 saturated carbocycles. The van der Waals surface area contributed by atoms with Gasteiger partial charge in [-0.05, 0) is 40.2 Å². The molecule has 0 spiro atoms. The van der Waals surface area contributed by atoms with Crippen molar-refractivity contribution in [1.82, 2.24) is 0 Å². The minimum absolute atomic E-state index is 0.170. The molecule has 0 heterocycles. The molecule has 0 fully saturated rings. The first-order valence-corrected chi connectivity index (χ1v) is 9.05. The first kappa shape index (κ1) is 16.5. The molecule has 0 saturated heterocycles. The number of halogens is 2. The minimum Gasteiger partial charge on any atom is -0.380 e. The lowest BCUT2D eigenvalue weighted by Crippen LogP contribution is -2.15. The van der Waals surface area contributed by atoms with Crippen LogP contribution >= 0.6 is 31.9 Å². The minimum atomic E-state index is -3.69. The maximum Gasteiger partial charge on any atom is 0.263 e. The van der Waals surface area contributed by atoms with Crippen molar-refractivity contribution >= 4 is 47.6 Å². The van der Waals surface area contributed by atoms with Crippen molar-refractivity contribution in [3.63, 3.8) is 0 Å². The predicted octanol–water partition coefficient (Wildman–Crippen LogP) is 4.16. The number of para-hydroxylation sites is 1. The molecule has 2 aromatic rings. The van der Waals surface area contributed by atoms with Gasteiger partial charge in [-0.3, -0.25) is 4.72 Å². The number of benzene rings is 2. The Bertz CT molecular complexity index is 748. The van der Waals surface area contributed by atoms with Gasteiger partial charge < -0.3 is 4.74 Å². The summed E-state index contributed by atoms with van der Waals surface area (Å²) >= 11 is 6.54. The number of sulfonamides is 1. The summed E-state index contributed by atoms with van der Waals surface area (Å²) in [6.45, 7) is 0.332. The third-order valence-corrected chi connectivity index (χ3v) is 5.60. The fourth-order valence-corrected chi connectivity index (χ4v) is 4.39. The first-order valence-electron chi connectivity index (χ1n) is 5.99.